The number of sulfonamides is 1. The smallest absolute Gasteiger partial charge is 0.240 e. The molecule has 1 aliphatic rings. The molecule has 0 radical (unpaired) electrons. The van der Waals surface area contributed by atoms with Crippen LogP contribution in [-0.4, -0.2) is 39.4 Å². The van der Waals surface area contributed by atoms with Gasteiger partial charge in [-0.15, -0.1) is 0 Å². The third-order valence-corrected chi connectivity index (χ3v) is 4.63. The predicted molar refractivity (Wildman–Crippen MR) is 73.5 cm³/mol. The van der Waals surface area contributed by atoms with Gasteiger partial charge in [-0.2, -0.15) is 0 Å². The highest BCUT2D eigenvalue weighted by Gasteiger charge is 2.21. The standard InChI is InChI=1S/C13H19NO5S/c1-2-10(5-6-15)14-20(16,17)11-3-4-12-13(9-11)19-8-7-18-12/h3-4,9-10,14-15H,2,5-8H2,1H3. The lowest BCUT2D eigenvalue weighted by atomic mass is 10.2. The van der Waals surface area contributed by atoms with Gasteiger partial charge in [0.15, 0.2) is 11.5 Å². The van der Waals surface area contributed by atoms with Crippen molar-refractivity contribution in [3.05, 3.63) is 18.2 Å². The molecule has 1 unspecified atom stereocenters. The Morgan fingerprint density at radius 2 is 2.00 bits per heavy atom. The molecular weight excluding hydrogens is 282 g/mol. The zero-order valence-electron chi connectivity index (χ0n) is 11.3. The fourth-order valence-electron chi connectivity index (χ4n) is 1.98. The second-order valence-electron chi connectivity index (χ2n) is 4.54. The molecule has 0 amide bonds. The van der Waals surface area contributed by atoms with Gasteiger partial charge in [0.05, 0.1) is 4.90 Å². The van der Waals surface area contributed by atoms with Crippen molar-refractivity contribution in [1.29, 1.82) is 0 Å². The minimum atomic E-state index is -3.62. The van der Waals surface area contributed by atoms with Gasteiger partial charge >= 0.3 is 0 Å². The van der Waals surface area contributed by atoms with Gasteiger partial charge in [-0.05, 0) is 25.0 Å². The highest BCUT2D eigenvalue weighted by Crippen LogP contribution is 2.32. The van der Waals surface area contributed by atoms with Crippen molar-refractivity contribution < 1.29 is 23.0 Å². The molecular formula is C13H19NO5S. The molecule has 20 heavy (non-hydrogen) atoms. The molecule has 0 fully saturated rings. The van der Waals surface area contributed by atoms with E-state index in [1.165, 1.54) is 12.1 Å². The third-order valence-electron chi connectivity index (χ3n) is 3.12. The van der Waals surface area contributed by atoms with E-state index in [4.69, 9.17) is 14.6 Å². The molecule has 1 aliphatic heterocycles. The summed E-state index contributed by atoms with van der Waals surface area (Å²) >= 11 is 0. The van der Waals surface area contributed by atoms with Crippen LogP contribution in [-0.2, 0) is 10.0 Å². The van der Waals surface area contributed by atoms with Gasteiger partial charge in [-0.1, -0.05) is 6.92 Å². The molecule has 1 atom stereocenters. The van der Waals surface area contributed by atoms with Crippen LogP contribution in [0.15, 0.2) is 23.1 Å². The minimum Gasteiger partial charge on any atom is -0.486 e. The van der Waals surface area contributed by atoms with E-state index in [0.717, 1.165) is 0 Å². The lowest BCUT2D eigenvalue weighted by Crippen LogP contribution is -2.35. The Morgan fingerprint density at radius 3 is 2.65 bits per heavy atom. The van der Waals surface area contributed by atoms with Crippen molar-refractivity contribution in [2.45, 2.75) is 30.7 Å². The molecule has 0 aliphatic carbocycles. The van der Waals surface area contributed by atoms with Gasteiger partial charge in [0.2, 0.25) is 10.0 Å². The number of nitrogens with one attached hydrogen (secondary N) is 1. The fourth-order valence-corrected chi connectivity index (χ4v) is 3.35. The van der Waals surface area contributed by atoms with E-state index in [2.05, 4.69) is 4.72 Å². The van der Waals surface area contributed by atoms with Crippen molar-refractivity contribution in [3.63, 3.8) is 0 Å². The summed E-state index contributed by atoms with van der Waals surface area (Å²) in [7, 11) is -3.62. The maximum atomic E-state index is 12.3. The molecule has 0 saturated carbocycles. The lowest BCUT2D eigenvalue weighted by Gasteiger charge is -2.20. The molecule has 0 saturated heterocycles. The maximum Gasteiger partial charge on any atom is 0.240 e. The van der Waals surface area contributed by atoms with E-state index < -0.39 is 10.0 Å². The van der Waals surface area contributed by atoms with E-state index in [-0.39, 0.29) is 17.5 Å². The van der Waals surface area contributed by atoms with Gasteiger partial charge in [-0.25, -0.2) is 13.1 Å². The van der Waals surface area contributed by atoms with Crippen molar-refractivity contribution >= 4 is 10.0 Å². The molecule has 1 aromatic carbocycles. The molecule has 7 heteroatoms. The Balaban J connectivity index is 2.20. The minimum absolute atomic E-state index is 0.0534. The van der Waals surface area contributed by atoms with Crippen LogP contribution in [0.2, 0.25) is 0 Å². The number of fused-ring (bicyclic) bond motifs is 1. The number of aliphatic hydroxyl groups excluding tert-OH is 1. The average Bonchev–Trinajstić information content (AvgIpc) is 2.46. The highest BCUT2D eigenvalue weighted by atomic mass is 32.2. The Bertz CT molecular complexity index is 558. The first-order chi connectivity index (χ1) is 9.56. The van der Waals surface area contributed by atoms with E-state index in [9.17, 15) is 8.42 Å². The SMILES string of the molecule is CCC(CCO)NS(=O)(=O)c1ccc2c(c1)OCCO2. The first kappa shape index (κ1) is 15.1. The van der Waals surface area contributed by atoms with Crippen LogP contribution >= 0.6 is 0 Å². The summed E-state index contributed by atoms with van der Waals surface area (Å²) in [6, 6.07) is 4.26. The summed E-state index contributed by atoms with van der Waals surface area (Å²) in [6.07, 6.45) is 1.00. The lowest BCUT2D eigenvalue weighted by molar-refractivity contribution is 0.171. The second kappa shape index (κ2) is 6.43. The van der Waals surface area contributed by atoms with E-state index in [0.29, 0.717) is 37.6 Å². The average molecular weight is 301 g/mol. The molecule has 6 nitrogen and oxygen atoms in total. The monoisotopic (exact) mass is 301 g/mol. The normalized spacial score (nSPS) is 15.9. The van der Waals surface area contributed by atoms with Crippen molar-refractivity contribution in [2.75, 3.05) is 19.8 Å². The number of benzene rings is 1. The third kappa shape index (κ3) is 3.41. The predicted octanol–water partition coefficient (Wildman–Crippen LogP) is 0.897. The Kier molecular flexibility index (Phi) is 4.85. The van der Waals surface area contributed by atoms with Crippen molar-refractivity contribution in [2.24, 2.45) is 0 Å². The largest absolute Gasteiger partial charge is 0.486 e. The molecule has 1 aromatic rings. The number of aliphatic hydroxyl groups is 1. The molecule has 112 valence electrons. The van der Waals surface area contributed by atoms with E-state index in [1.807, 2.05) is 6.92 Å². The number of hydrogen-bond acceptors (Lipinski definition) is 5. The zero-order valence-corrected chi connectivity index (χ0v) is 12.1. The van der Waals surface area contributed by atoms with Crippen LogP contribution in [0.4, 0.5) is 0 Å². The molecule has 2 N–H and O–H groups in total. The van der Waals surface area contributed by atoms with Crippen LogP contribution in [0, 0.1) is 0 Å². The van der Waals surface area contributed by atoms with Gasteiger partial charge in [-0.3, -0.25) is 0 Å². The Hall–Kier alpha value is -1.31. The van der Waals surface area contributed by atoms with Crippen LogP contribution in [0.5, 0.6) is 11.5 Å². The van der Waals surface area contributed by atoms with Gasteiger partial charge in [0, 0.05) is 18.7 Å². The Morgan fingerprint density at radius 1 is 1.30 bits per heavy atom. The molecule has 0 spiro atoms. The quantitative estimate of drug-likeness (QED) is 0.815. The molecule has 0 aromatic heterocycles. The summed E-state index contributed by atoms with van der Waals surface area (Å²) in [5.41, 5.74) is 0. The summed E-state index contributed by atoms with van der Waals surface area (Å²) in [5, 5.41) is 8.92. The summed E-state index contributed by atoms with van der Waals surface area (Å²) in [5.74, 6) is 0.993. The van der Waals surface area contributed by atoms with Crippen LogP contribution in [0.1, 0.15) is 19.8 Å². The van der Waals surface area contributed by atoms with Gasteiger partial charge in [0.25, 0.3) is 0 Å². The molecule has 0 bridgehead atoms. The van der Waals surface area contributed by atoms with Crippen LogP contribution in [0.3, 0.4) is 0 Å². The number of hydrogen-bond donors (Lipinski definition) is 2. The number of ether oxygens (including phenoxy) is 2. The topological polar surface area (TPSA) is 84.9 Å². The summed E-state index contributed by atoms with van der Waals surface area (Å²) in [6.45, 7) is 2.69. The highest BCUT2D eigenvalue weighted by molar-refractivity contribution is 7.89. The number of rotatable bonds is 6. The summed E-state index contributed by atoms with van der Waals surface area (Å²) in [4.78, 5) is 0.137. The maximum absolute atomic E-state index is 12.3. The first-order valence-corrected chi connectivity index (χ1v) is 8.08. The molecule has 1 heterocycles. The van der Waals surface area contributed by atoms with Crippen LogP contribution in [0.25, 0.3) is 0 Å². The van der Waals surface area contributed by atoms with Crippen LogP contribution < -0.4 is 14.2 Å². The second-order valence-corrected chi connectivity index (χ2v) is 6.26. The molecule has 2 rings (SSSR count). The van der Waals surface area contributed by atoms with E-state index in [1.54, 1.807) is 6.07 Å². The van der Waals surface area contributed by atoms with Gasteiger partial charge < -0.3 is 14.6 Å². The zero-order chi connectivity index (χ0) is 14.6. The van der Waals surface area contributed by atoms with Gasteiger partial charge in [0.1, 0.15) is 13.2 Å². The Labute approximate surface area is 118 Å². The van der Waals surface area contributed by atoms with Crippen molar-refractivity contribution in [3.8, 4) is 11.5 Å². The van der Waals surface area contributed by atoms with Crippen molar-refractivity contribution in [1.82, 2.24) is 4.72 Å². The van der Waals surface area contributed by atoms with E-state index >= 15 is 0 Å². The fraction of sp³-hybridized carbons (Fsp3) is 0.538. The first-order valence-electron chi connectivity index (χ1n) is 6.59. The summed E-state index contributed by atoms with van der Waals surface area (Å²) < 4.78 is 37.9.